The summed E-state index contributed by atoms with van der Waals surface area (Å²) in [6, 6.07) is 27.2. The molecule has 0 saturated heterocycles. The average Bonchev–Trinajstić information content (AvgIpc) is 2.97. The molecule has 5 aromatic rings. The number of nitrogens with zero attached hydrogens (tertiary/aromatic N) is 3. The molecular weight excluding hydrogens is 554 g/mol. The lowest BCUT2D eigenvalue weighted by molar-refractivity contribution is -0.114. The summed E-state index contributed by atoms with van der Waals surface area (Å²) in [7, 11) is -4.14. The number of amides is 1. The van der Waals surface area contributed by atoms with E-state index in [1.165, 1.54) is 43.5 Å². The highest BCUT2D eigenvalue weighted by Gasteiger charge is 2.27. The molecule has 3 N–H and O–H groups in total. The quantitative estimate of drug-likeness (QED) is 0.223. The van der Waals surface area contributed by atoms with Crippen LogP contribution in [0, 0.1) is 0 Å². The maximum atomic E-state index is 13.7. The Labute approximate surface area is 242 Å². The number of aromatic nitrogens is 2. The zero-order valence-corrected chi connectivity index (χ0v) is 23.3. The molecule has 0 bridgehead atoms. The number of hydrogen-bond acceptors (Lipinski definition) is 7. The molecule has 0 aliphatic heterocycles. The van der Waals surface area contributed by atoms with E-state index in [0.717, 1.165) is 10.2 Å². The van der Waals surface area contributed by atoms with Gasteiger partial charge in [-0.15, -0.1) is 0 Å². The van der Waals surface area contributed by atoms with Crippen molar-refractivity contribution in [3.05, 3.63) is 130 Å². The first-order valence-corrected chi connectivity index (χ1v) is 14.5. The third kappa shape index (κ3) is 6.43. The van der Waals surface area contributed by atoms with E-state index in [2.05, 4.69) is 15.1 Å². The molecule has 5 rings (SSSR count). The Morgan fingerprint density at radius 2 is 1.62 bits per heavy atom. The van der Waals surface area contributed by atoms with E-state index in [9.17, 15) is 23.1 Å². The third-order valence-electron chi connectivity index (χ3n) is 6.40. The number of fused-ring (bicyclic) bond motifs is 1. The summed E-state index contributed by atoms with van der Waals surface area (Å²) >= 11 is 0. The molecule has 1 unspecified atom stereocenters. The predicted molar refractivity (Wildman–Crippen MR) is 161 cm³/mol. The van der Waals surface area contributed by atoms with Gasteiger partial charge >= 0.3 is 0 Å². The van der Waals surface area contributed by atoms with Gasteiger partial charge in [0.05, 0.1) is 28.1 Å². The molecule has 1 amide bonds. The fourth-order valence-electron chi connectivity index (χ4n) is 4.41. The maximum absolute atomic E-state index is 13.7. The predicted octanol–water partition coefficient (Wildman–Crippen LogP) is 4.21. The fraction of sp³-hybridized carbons (Fsp3) is 0.0968. The molecule has 1 atom stereocenters. The minimum Gasteiger partial charge on any atom is -0.507 e. The molecule has 42 heavy (non-hydrogen) atoms. The number of benzene rings is 4. The number of carbonyl (C=O) groups is 1. The number of aromatic hydroxyl groups is 1. The van der Waals surface area contributed by atoms with Crippen molar-refractivity contribution in [2.75, 3.05) is 5.32 Å². The number of hydrogen-bond donors (Lipinski definition) is 3. The number of sulfonamides is 1. The Kier molecular flexibility index (Phi) is 8.23. The second-order valence-electron chi connectivity index (χ2n) is 9.48. The standard InChI is InChI=1S/C31H27N5O5S/c1-21(37)33-24-15-17-25(18-16-24)42(40,41)35-28(19-22-9-3-2-4-10-22)30-34-27-13-7-6-12-26(27)31(39)36(30)32-20-23-11-5-8-14-29(23)38/h2-18,20,28,35,38H,19H2,1H3,(H,33,37)/b32-20+. The number of para-hydroxylation sites is 2. The van der Waals surface area contributed by atoms with Crippen molar-refractivity contribution < 1.29 is 18.3 Å². The van der Waals surface area contributed by atoms with Crippen LogP contribution in [-0.2, 0) is 21.2 Å². The van der Waals surface area contributed by atoms with Gasteiger partial charge in [0.15, 0.2) is 5.82 Å². The highest BCUT2D eigenvalue weighted by molar-refractivity contribution is 7.89. The van der Waals surface area contributed by atoms with Crippen molar-refractivity contribution in [3.8, 4) is 5.75 Å². The number of phenolic OH excluding ortho intramolecular Hbond substituents is 1. The second-order valence-corrected chi connectivity index (χ2v) is 11.2. The lowest BCUT2D eigenvalue weighted by Crippen LogP contribution is -2.35. The molecule has 1 aromatic heterocycles. The first kappa shape index (κ1) is 28.4. The molecule has 1 heterocycles. The molecule has 4 aromatic carbocycles. The first-order chi connectivity index (χ1) is 20.2. The Balaban J connectivity index is 1.64. The first-order valence-electron chi connectivity index (χ1n) is 13.0. The van der Waals surface area contributed by atoms with Crippen LogP contribution in [0.3, 0.4) is 0 Å². The van der Waals surface area contributed by atoms with Gasteiger partial charge in [0, 0.05) is 18.2 Å². The zero-order valence-electron chi connectivity index (χ0n) is 22.5. The summed E-state index contributed by atoms with van der Waals surface area (Å²) in [6.07, 6.45) is 1.48. The number of rotatable bonds is 9. The maximum Gasteiger partial charge on any atom is 0.282 e. The van der Waals surface area contributed by atoms with Crippen LogP contribution in [-0.4, -0.2) is 35.3 Å². The molecule has 0 fully saturated rings. The number of anilines is 1. The van der Waals surface area contributed by atoms with Crippen LogP contribution in [0.1, 0.15) is 29.9 Å². The van der Waals surface area contributed by atoms with Crippen molar-refractivity contribution in [1.82, 2.24) is 14.4 Å². The van der Waals surface area contributed by atoms with Crippen LogP contribution < -0.4 is 15.6 Å². The molecule has 10 nitrogen and oxygen atoms in total. The minimum atomic E-state index is -4.14. The van der Waals surface area contributed by atoms with Gasteiger partial charge in [0.2, 0.25) is 15.9 Å². The van der Waals surface area contributed by atoms with Gasteiger partial charge in [-0.1, -0.05) is 54.6 Å². The van der Waals surface area contributed by atoms with Crippen molar-refractivity contribution in [1.29, 1.82) is 0 Å². The molecular formula is C31H27N5O5S. The zero-order chi connectivity index (χ0) is 29.7. The van der Waals surface area contributed by atoms with Crippen molar-refractivity contribution in [3.63, 3.8) is 0 Å². The van der Waals surface area contributed by atoms with Gasteiger partial charge in [0.1, 0.15) is 5.75 Å². The number of carbonyl (C=O) groups excluding carboxylic acids is 1. The molecule has 0 spiro atoms. The van der Waals surface area contributed by atoms with Crippen molar-refractivity contribution in [2.24, 2.45) is 5.10 Å². The van der Waals surface area contributed by atoms with Gasteiger partial charge in [-0.3, -0.25) is 9.59 Å². The lowest BCUT2D eigenvalue weighted by atomic mass is 10.1. The average molecular weight is 582 g/mol. The van der Waals surface area contributed by atoms with E-state index in [4.69, 9.17) is 4.98 Å². The molecule has 0 aliphatic carbocycles. The van der Waals surface area contributed by atoms with Gasteiger partial charge in [-0.25, -0.2) is 18.1 Å². The van der Waals surface area contributed by atoms with Gasteiger partial charge < -0.3 is 10.4 Å². The smallest absolute Gasteiger partial charge is 0.282 e. The Morgan fingerprint density at radius 3 is 2.33 bits per heavy atom. The summed E-state index contributed by atoms with van der Waals surface area (Å²) in [4.78, 5) is 29.8. The lowest BCUT2D eigenvalue weighted by Gasteiger charge is -2.21. The van der Waals surface area contributed by atoms with Crippen molar-refractivity contribution in [2.45, 2.75) is 24.3 Å². The third-order valence-corrected chi connectivity index (χ3v) is 7.89. The van der Waals surface area contributed by atoms with Crippen LogP contribution in [0.2, 0.25) is 0 Å². The topological polar surface area (TPSA) is 143 Å². The molecule has 212 valence electrons. The summed E-state index contributed by atoms with van der Waals surface area (Å²) in [5.74, 6) is -0.252. The molecule has 0 aliphatic rings. The normalized spacial score (nSPS) is 12.4. The van der Waals surface area contributed by atoms with E-state index >= 15 is 0 Å². The van der Waals surface area contributed by atoms with Crippen molar-refractivity contribution >= 4 is 38.7 Å². The van der Waals surface area contributed by atoms with E-state index in [-0.39, 0.29) is 28.8 Å². The summed E-state index contributed by atoms with van der Waals surface area (Å²) in [6.45, 7) is 1.36. The molecule has 0 saturated carbocycles. The minimum absolute atomic E-state index is 0.0335. The monoisotopic (exact) mass is 581 g/mol. The summed E-state index contributed by atoms with van der Waals surface area (Å²) in [5.41, 5.74) is 1.49. The van der Waals surface area contributed by atoms with E-state index in [1.54, 1.807) is 42.5 Å². The Bertz CT molecular complexity index is 1940. The Hall–Kier alpha value is -5.13. The number of phenols is 1. The summed E-state index contributed by atoms with van der Waals surface area (Å²) < 4.78 is 31.1. The van der Waals surface area contributed by atoms with Crippen LogP contribution in [0.15, 0.2) is 118 Å². The fourth-order valence-corrected chi connectivity index (χ4v) is 5.60. The van der Waals surface area contributed by atoms with Gasteiger partial charge in [-0.2, -0.15) is 9.78 Å². The van der Waals surface area contributed by atoms with Crippen LogP contribution in [0.5, 0.6) is 5.75 Å². The van der Waals surface area contributed by atoms with E-state index in [1.807, 2.05) is 30.3 Å². The molecule has 11 heteroatoms. The van der Waals surface area contributed by atoms with E-state index in [0.29, 0.717) is 22.2 Å². The van der Waals surface area contributed by atoms with Crippen LogP contribution in [0.25, 0.3) is 10.9 Å². The highest BCUT2D eigenvalue weighted by atomic mass is 32.2. The van der Waals surface area contributed by atoms with Gasteiger partial charge in [-0.05, 0) is 60.5 Å². The molecule has 0 radical (unpaired) electrons. The Morgan fingerprint density at radius 1 is 0.952 bits per heavy atom. The highest BCUT2D eigenvalue weighted by Crippen LogP contribution is 2.23. The van der Waals surface area contributed by atoms with Crippen LogP contribution >= 0.6 is 0 Å². The summed E-state index contributed by atoms with van der Waals surface area (Å²) in [5, 5.41) is 17.5. The van der Waals surface area contributed by atoms with Crippen LogP contribution in [0.4, 0.5) is 5.69 Å². The number of nitrogens with one attached hydrogen (secondary N) is 2. The second kappa shape index (κ2) is 12.2. The SMILES string of the molecule is CC(=O)Nc1ccc(S(=O)(=O)NC(Cc2ccccc2)c2nc3ccccc3c(=O)n2/N=C/c2ccccc2O)cc1. The largest absolute Gasteiger partial charge is 0.507 e. The van der Waals surface area contributed by atoms with E-state index < -0.39 is 21.6 Å². The van der Waals surface area contributed by atoms with Gasteiger partial charge in [0.25, 0.3) is 5.56 Å².